The van der Waals surface area contributed by atoms with Crippen LogP contribution in [0.5, 0.6) is 0 Å². The van der Waals surface area contributed by atoms with Gasteiger partial charge >= 0.3 is 0 Å². The summed E-state index contributed by atoms with van der Waals surface area (Å²) in [5.41, 5.74) is 2.11. The van der Waals surface area contributed by atoms with Crippen LogP contribution in [0.15, 0.2) is 41.6 Å². The maximum Gasteiger partial charge on any atom is 0.225 e. The van der Waals surface area contributed by atoms with Gasteiger partial charge in [-0.2, -0.15) is 0 Å². The van der Waals surface area contributed by atoms with E-state index in [2.05, 4.69) is 14.9 Å². The van der Waals surface area contributed by atoms with Gasteiger partial charge in [-0.1, -0.05) is 12.1 Å². The number of aryl methyl sites for hydroxylation is 1. The molecule has 4 rings (SSSR count). The minimum Gasteiger partial charge on any atom is -0.376 e. The summed E-state index contributed by atoms with van der Waals surface area (Å²) in [6.07, 6.45) is 8.66. The molecule has 1 saturated heterocycles. The highest BCUT2D eigenvalue weighted by Crippen LogP contribution is 2.48. The van der Waals surface area contributed by atoms with E-state index < -0.39 is 9.84 Å². The fraction of sp³-hybridized carbons (Fsp3) is 0.545. The third kappa shape index (κ3) is 5.14. The van der Waals surface area contributed by atoms with Gasteiger partial charge < -0.3 is 9.64 Å². The van der Waals surface area contributed by atoms with Crippen LogP contribution >= 0.6 is 0 Å². The summed E-state index contributed by atoms with van der Waals surface area (Å²) >= 11 is 0. The summed E-state index contributed by atoms with van der Waals surface area (Å²) in [4.78, 5) is 11.6. The molecular formula is C22H29N3O3S. The summed E-state index contributed by atoms with van der Waals surface area (Å²) in [7, 11) is -3.14. The van der Waals surface area contributed by atoms with Gasteiger partial charge in [0, 0.05) is 31.7 Å². The first-order valence-corrected chi connectivity index (χ1v) is 12.2. The number of anilines is 1. The van der Waals surface area contributed by atoms with Crippen LogP contribution in [0.1, 0.15) is 30.4 Å². The molecule has 1 aliphatic carbocycles. The van der Waals surface area contributed by atoms with Crippen LogP contribution < -0.4 is 4.90 Å². The van der Waals surface area contributed by atoms with Crippen molar-refractivity contribution in [3.8, 4) is 0 Å². The first-order chi connectivity index (χ1) is 13.9. The van der Waals surface area contributed by atoms with Crippen molar-refractivity contribution < 1.29 is 13.2 Å². The number of hydrogen-bond donors (Lipinski definition) is 0. The largest absolute Gasteiger partial charge is 0.376 e. The van der Waals surface area contributed by atoms with Crippen LogP contribution in [0.3, 0.4) is 0 Å². The van der Waals surface area contributed by atoms with Crippen molar-refractivity contribution in [2.24, 2.45) is 17.8 Å². The molecule has 0 spiro atoms. The number of piperidine rings is 1. The molecule has 2 heterocycles. The molecule has 1 aliphatic heterocycles. The Morgan fingerprint density at radius 1 is 1.10 bits per heavy atom. The number of hydrogen-bond acceptors (Lipinski definition) is 6. The molecule has 0 radical (unpaired) electrons. The zero-order valence-corrected chi connectivity index (χ0v) is 17.9. The van der Waals surface area contributed by atoms with Gasteiger partial charge in [0.05, 0.1) is 18.1 Å². The molecule has 2 fully saturated rings. The number of ether oxygens (including phenoxy) is 1. The quantitative estimate of drug-likeness (QED) is 0.691. The number of sulfone groups is 1. The first-order valence-electron chi connectivity index (χ1n) is 10.3. The Bertz CT molecular complexity index is 921. The molecule has 1 aromatic carbocycles. The van der Waals surface area contributed by atoms with Crippen LogP contribution in [0.4, 0.5) is 5.95 Å². The van der Waals surface area contributed by atoms with Crippen LogP contribution in [0, 0.1) is 24.7 Å². The Morgan fingerprint density at radius 3 is 2.38 bits per heavy atom. The Hall–Kier alpha value is -1.99. The molecule has 29 heavy (non-hydrogen) atoms. The van der Waals surface area contributed by atoms with Gasteiger partial charge in [-0.05, 0) is 67.2 Å². The van der Waals surface area contributed by atoms with E-state index in [9.17, 15) is 8.42 Å². The maximum atomic E-state index is 11.5. The maximum absolute atomic E-state index is 11.5. The van der Waals surface area contributed by atoms with E-state index in [4.69, 9.17) is 4.74 Å². The van der Waals surface area contributed by atoms with Gasteiger partial charge in [-0.25, -0.2) is 18.4 Å². The summed E-state index contributed by atoms with van der Waals surface area (Å²) in [6, 6.07) is 6.98. The van der Waals surface area contributed by atoms with E-state index >= 15 is 0 Å². The fourth-order valence-corrected chi connectivity index (χ4v) is 4.91. The number of rotatable bonds is 7. The number of nitrogens with zero attached hydrogens (tertiary/aromatic N) is 3. The zero-order valence-electron chi connectivity index (χ0n) is 17.1. The summed E-state index contributed by atoms with van der Waals surface area (Å²) in [6.45, 7) is 5.40. The van der Waals surface area contributed by atoms with Crippen molar-refractivity contribution in [1.82, 2.24) is 9.97 Å². The van der Waals surface area contributed by atoms with Crippen LogP contribution in [0.25, 0.3) is 0 Å². The molecule has 6 nitrogen and oxygen atoms in total. The van der Waals surface area contributed by atoms with Crippen LogP contribution in [0.2, 0.25) is 0 Å². The molecular weight excluding hydrogens is 386 g/mol. The lowest BCUT2D eigenvalue weighted by molar-refractivity contribution is 0.104. The topological polar surface area (TPSA) is 72.4 Å². The SMILES string of the molecule is Cc1cnc(N2CCC([C@H]3C[C@@H]3COCc3ccc(S(C)(=O)=O)cc3)CC2)nc1. The summed E-state index contributed by atoms with van der Waals surface area (Å²) in [5.74, 6) is 3.08. The zero-order chi connectivity index (χ0) is 20.4. The van der Waals surface area contributed by atoms with Crippen molar-refractivity contribution in [2.75, 3.05) is 30.9 Å². The number of benzene rings is 1. The third-order valence-electron chi connectivity index (χ3n) is 6.12. The lowest BCUT2D eigenvalue weighted by Crippen LogP contribution is -2.35. The fourth-order valence-electron chi connectivity index (χ4n) is 4.28. The number of aromatic nitrogens is 2. The Morgan fingerprint density at radius 2 is 1.76 bits per heavy atom. The second-order valence-corrected chi connectivity index (χ2v) is 10.5. The van der Waals surface area contributed by atoms with Gasteiger partial charge in [0.2, 0.25) is 5.95 Å². The highest BCUT2D eigenvalue weighted by molar-refractivity contribution is 7.90. The molecule has 2 atom stereocenters. The molecule has 0 unspecified atom stereocenters. The summed E-state index contributed by atoms with van der Waals surface area (Å²) < 4.78 is 28.9. The Labute approximate surface area is 173 Å². The highest BCUT2D eigenvalue weighted by Gasteiger charge is 2.43. The van der Waals surface area contributed by atoms with E-state index in [0.717, 1.165) is 48.6 Å². The summed E-state index contributed by atoms with van der Waals surface area (Å²) in [5, 5.41) is 0. The van der Waals surface area contributed by atoms with Crippen molar-refractivity contribution in [3.63, 3.8) is 0 Å². The smallest absolute Gasteiger partial charge is 0.225 e. The van der Waals surface area contributed by atoms with E-state index in [1.165, 1.54) is 25.5 Å². The predicted octanol–water partition coefficient (Wildman–Crippen LogP) is 3.26. The first kappa shape index (κ1) is 20.3. The van der Waals surface area contributed by atoms with E-state index in [-0.39, 0.29) is 0 Å². The average Bonchev–Trinajstić information content (AvgIpc) is 3.48. The Balaban J connectivity index is 1.18. The Kier molecular flexibility index (Phi) is 5.88. The van der Waals surface area contributed by atoms with E-state index in [0.29, 0.717) is 17.4 Å². The lowest BCUT2D eigenvalue weighted by Gasteiger charge is -2.32. The van der Waals surface area contributed by atoms with Crippen molar-refractivity contribution in [3.05, 3.63) is 47.8 Å². The van der Waals surface area contributed by atoms with E-state index in [1.807, 2.05) is 31.5 Å². The molecule has 0 N–H and O–H groups in total. The molecule has 0 bridgehead atoms. The molecule has 7 heteroatoms. The highest BCUT2D eigenvalue weighted by atomic mass is 32.2. The van der Waals surface area contributed by atoms with Crippen LogP contribution in [-0.4, -0.2) is 44.3 Å². The lowest BCUT2D eigenvalue weighted by atomic mass is 9.91. The molecule has 156 valence electrons. The monoisotopic (exact) mass is 415 g/mol. The van der Waals surface area contributed by atoms with Gasteiger partial charge in [0.25, 0.3) is 0 Å². The second-order valence-electron chi connectivity index (χ2n) is 8.48. The molecule has 1 aromatic heterocycles. The van der Waals surface area contributed by atoms with Gasteiger partial charge in [0.15, 0.2) is 9.84 Å². The normalized spacial score (nSPS) is 22.6. The third-order valence-corrected chi connectivity index (χ3v) is 7.25. The minimum atomic E-state index is -3.14. The predicted molar refractivity (Wildman–Crippen MR) is 113 cm³/mol. The average molecular weight is 416 g/mol. The van der Waals surface area contributed by atoms with Crippen molar-refractivity contribution in [2.45, 2.75) is 37.7 Å². The van der Waals surface area contributed by atoms with Gasteiger partial charge in [-0.3, -0.25) is 0 Å². The molecule has 2 aromatic rings. The second kappa shape index (κ2) is 8.40. The molecule has 2 aliphatic rings. The van der Waals surface area contributed by atoms with Gasteiger partial charge in [-0.15, -0.1) is 0 Å². The van der Waals surface area contributed by atoms with Crippen LogP contribution in [-0.2, 0) is 21.2 Å². The molecule has 1 saturated carbocycles. The van der Waals surface area contributed by atoms with Crippen molar-refractivity contribution in [1.29, 1.82) is 0 Å². The minimum absolute atomic E-state index is 0.353. The van der Waals surface area contributed by atoms with E-state index in [1.54, 1.807) is 12.1 Å². The molecule has 0 amide bonds. The van der Waals surface area contributed by atoms with Crippen molar-refractivity contribution >= 4 is 15.8 Å². The standard InChI is InChI=1S/C22H29N3O3S/c1-16-12-23-22(24-13-16)25-9-7-18(8-10-25)21-11-19(21)15-28-14-17-3-5-20(6-4-17)29(2,26)27/h3-6,12-13,18-19,21H,7-11,14-15H2,1-2H3/t19-,21-/m1/s1. The van der Waals surface area contributed by atoms with Gasteiger partial charge in [0.1, 0.15) is 0 Å².